The number of cyclic esters (lactones) is 1. The average Bonchev–Trinajstić information content (AvgIpc) is 2.63. The third-order valence-corrected chi connectivity index (χ3v) is 3.29. The fourth-order valence-corrected chi connectivity index (χ4v) is 2.53. The number of carbonyl (C=O) groups excluding carboxylic acids is 2. The molecular formula is C10H16BNO3. The number of nitrogens with zero attached hydrogens (tertiary/aromatic N) is 1. The second-order valence-corrected chi connectivity index (χ2v) is 4.56. The molecule has 0 spiro atoms. The summed E-state index contributed by atoms with van der Waals surface area (Å²) in [5, 5.41) is 0. The molecule has 0 aromatic heterocycles. The summed E-state index contributed by atoms with van der Waals surface area (Å²) < 4.78 is 5.31. The highest BCUT2D eigenvalue weighted by Crippen LogP contribution is 2.32. The standard InChI is InChI=1S/C10H16BNO3/c1-10(6-11-2)9(14)12-5-3-4-7(12)8(13)15-10/h7,11H,3-6H2,1-2H3/t7?,10-/m1/s1. The molecule has 2 atom stereocenters. The Bertz CT molecular complexity index is 307. The van der Waals surface area contributed by atoms with Gasteiger partial charge in [0.05, 0.1) is 0 Å². The van der Waals surface area contributed by atoms with Crippen LogP contribution in [-0.2, 0) is 14.3 Å². The van der Waals surface area contributed by atoms with Gasteiger partial charge in [-0.25, -0.2) is 4.79 Å². The second kappa shape index (κ2) is 3.54. The van der Waals surface area contributed by atoms with Gasteiger partial charge in [-0.05, 0) is 26.1 Å². The Hall–Kier alpha value is -0.995. The number of fused-ring (bicyclic) bond motifs is 1. The van der Waals surface area contributed by atoms with E-state index in [0.29, 0.717) is 12.9 Å². The molecule has 0 aliphatic carbocycles. The maximum atomic E-state index is 12.1. The summed E-state index contributed by atoms with van der Waals surface area (Å²) in [5.41, 5.74) is -0.910. The molecule has 15 heavy (non-hydrogen) atoms. The summed E-state index contributed by atoms with van der Waals surface area (Å²) in [5.74, 6) is -0.227. The van der Waals surface area contributed by atoms with Gasteiger partial charge in [-0.3, -0.25) is 4.79 Å². The summed E-state index contributed by atoms with van der Waals surface area (Å²) in [6, 6.07) is -0.303. The second-order valence-electron chi connectivity index (χ2n) is 4.56. The number of ether oxygens (including phenoxy) is 1. The summed E-state index contributed by atoms with van der Waals surface area (Å²) in [6.45, 7) is 4.42. The number of hydrogen-bond acceptors (Lipinski definition) is 3. The van der Waals surface area contributed by atoms with E-state index in [1.54, 1.807) is 11.8 Å². The first kappa shape index (κ1) is 10.5. The van der Waals surface area contributed by atoms with Crippen LogP contribution in [0, 0.1) is 0 Å². The van der Waals surface area contributed by atoms with E-state index in [9.17, 15) is 9.59 Å². The molecule has 2 fully saturated rings. The molecule has 1 unspecified atom stereocenters. The van der Waals surface area contributed by atoms with Gasteiger partial charge in [0.15, 0.2) is 5.60 Å². The van der Waals surface area contributed by atoms with Crippen molar-refractivity contribution in [1.82, 2.24) is 4.90 Å². The predicted molar refractivity (Wildman–Crippen MR) is 57.1 cm³/mol. The van der Waals surface area contributed by atoms with Gasteiger partial charge in [0.25, 0.3) is 5.91 Å². The number of hydrogen-bond donors (Lipinski definition) is 0. The molecule has 0 aromatic carbocycles. The number of morpholine rings is 1. The minimum atomic E-state index is -0.910. The van der Waals surface area contributed by atoms with Gasteiger partial charge in [0.2, 0.25) is 0 Å². The summed E-state index contributed by atoms with van der Waals surface area (Å²) in [7, 11) is 0.841. The molecule has 2 aliphatic rings. The quantitative estimate of drug-likeness (QED) is 0.482. The zero-order chi connectivity index (χ0) is 11.1. The molecule has 2 rings (SSSR count). The van der Waals surface area contributed by atoms with Crippen LogP contribution in [0.4, 0.5) is 0 Å². The number of esters is 1. The van der Waals surface area contributed by atoms with Crippen molar-refractivity contribution in [1.29, 1.82) is 0 Å². The molecule has 2 aliphatic heterocycles. The van der Waals surface area contributed by atoms with Crippen LogP contribution in [0.2, 0.25) is 13.1 Å². The first-order valence-corrected chi connectivity index (χ1v) is 5.62. The Morgan fingerprint density at radius 1 is 1.60 bits per heavy atom. The van der Waals surface area contributed by atoms with Crippen molar-refractivity contribution in [2.75, 3.05) is 6.54 Å². The van der Waals surface area contributed by atoms with Crippen LogP contribution in [0.25, 0.3) is 0 Å². The van der Waals surface area contributed by atoms with Crippen molar-refractivity contribution in [2.45, 2.75) is 44.6 Å². The lowest BCUT2D eigenvalue weighted by Crippen LogP contribution is -2.59. The molecular weight excluding hydrogens is 193 g/mol. The first-order chi connectivity index (χ1) is 7.08. The largest absolute Gasteiger partial charge is 0.448 e. The highest BCUT2D eigenvalue weighted by Gasteiger charge is 2.51. The normalized spacial score (nSPS) is 35.1. The van der Waals surface area contributed by atoms with Gasteiger partial charge in [-0.1, -0.05) is 6.82 Å². The van der Waals surface area contributed by atoms with Gasteiger partial charge in [-0.2, -0.15) is 0 Å². The maximum Gasteiger partial charge on any atom is 0.329 e. The fourth-order valence-electron chi connectivity index (χ4n) is 2.53. The Morgan fingerprint density at radius 2 is 2.33 bits per heavy atom. The minimum absolute atomic E-state index is 0.00792. The molecule has 0 saturated carbocycles. The summed E-state index contributed by atoms with van der Waals surface area (Å²) in [6.07, 6.45) is 2.28. The zero-order valence-electron chi connectivity index (χ0n) is 9.28. The lowest BCUT2D eigenvalue weighted by atomic mass is 9.70. The monoisotopic (exact) mass is 209 g/mol. The van der Waals surface area contributed by atoms with E-state index >= 15 is 0 Å². The zero-order valence-corrected chi connectivity index (χ0v) is 9.28. The van der Waals surface area contributed by atoms with Crippen molar-refractivity contribution in [3.8, 4) is 0 Å². The molecule has 0 N–H and O–H groups in total. The minimum Gasteiger partial charge on any atom is -0.448 e. The lowest BCUT2D eigenvalue weighted by molar-refractivity contribution is -0.186. The van der Waals surface area contributed by atoms with Gasteiger partial charge < -0.3 is 9.64 Å². The van der Waals surface area contributed by atoms with Crippen LogP contribution in [0.1, 0.15) is 19.8 Å². The van der Waals surface area contributed by atoms with Gasteiger partial charge >= 0.3 is 5.97 Å². The molecule has 2 heterocycles. The smallest absolute Gasteiger partial charge is 0.329 e. The topological polar surface area (TPSA) is 46.6 Å². The summed E-state index contributed by atoms with van der Waals surface area (Å²) in [4.78, 5) is 25.5. The van der Waals surface area contributed by atoms with Crippen LogP contribution in [0.15, 0.2) is 0 Å². The van der Waals surface area contributed by atoms with E-state index in [-0.39, 0.29) is 17.9 Å². The summed E-state index contributed by atoms with van der Waals surface area (Å²) >= 11 is 0. The average molecular weight is 209 g/mol. The molecule has 82 valence electrons. The SMILES string of the molecule is CBC[C@@]1(C)OC(=O)C2CCCN2C1=O. The number of amides is 1. The van der Waals surface area contributed by atoms with Crippen molar-refractivity contribution >= 4 is 19.2 Å². The van der Waals surface area contributed by atoms with E-state index in [1.807, 2.05) is 6.82 Å². The Labute approximate surface area is 90.2 Å². The first-order valence-electron chi connectivity index (χ1n) is 5.62. The predicted octanol–water partition coefficient (Wildman–Crippen LogP) is 0.196. The van der Waals surface area contributed by atoms with Crippen LogP contribution in [0.5, 0.6) is 0 Å². The molecule has 1 amide bonds. The highest BCUT2D eigenvalue weighted by atomic mass is 16.6. The Morgan fingerprint density at radius 3 is 3.00 bits per heavy atom. The number of rotatable bonds is 2. The molecule has 0 radical (unpaired) electrons. The Kier molecular flexibility index (Phi) is 2.48. The molecule has 4 nitrogen and oxygen atoms in total. The third kappa shape index (κ3) is 1.54. The van der Waals surface area contributed by atoms with Crippen LogP contribution in [0.3, 0.4) is 0 Å². The molecule has 0 bridgehead atoms. The van der Waals surface area contributed by atoms with E-state index < -0.39 is 5.60 Å². The molecule has 2 saturated heterocycles. The number of carbonyl (C=O) groups is 2. The fraction of sp³-hybridized carbons (Fsp3) is 0.800. The van der Waals surface area contributed by atoms with Crippen LogP contribution < -0.4 is 0 Å². The van der Waals surface area contributed by atoms with Crippen molar-refractivity contribution in [2.24, 2.45) is 0 Å². The van der Waals surface area contributed by atoms with E-state index in [2.05, 4.69) is 0 Å². The van der Waals surface area contributed by atoms with Crippen molar-refractivity contribution < 1.29 is 14.3 Å². The molecule has 5 heteroatoms. The van der Waals surface area contributed by atoms with Crippen LogP contribution in [-0.4, -0.2) is 42.2 Å². The van der Waals surface area contributed by atoms with Gasteiger partial charge in [0, 0.05) is 6.54 Å². The maximum absolute atomic E-state index is 12.1. The van der Waals surface area contributed by atoms with Crippen LogP contribution >= 0.6 is 0 Å². The van der Waals surface area contributed by atoms with E-state index in [4.69, 9.17) is 4.74 Å². The van der Waals surface area contributed by atoms with Crippen molar-refractivity contribution in [3.05, 3.63) is 0 Å². The van der Waals surface area contributed by atoms with Gasteiger partial charge in [0.1, 0.15) is 13.3 Å². The van der Waals surface area contributed by atoms with E-state index in [1.165, 1.54) is 0 Å². The lowest BCUT2D eigenvalue weighted by Gasteiger charge is -2.40. The van der Waals surface area contributed by atoms with Crippen molar-refractivity contribution in [3.63, 3.8) is 0 Å². The third-order valence-electron chi connectivity index (χ3n) is 3.29. The van der Waals surface area contributed by atoms with E-state index in [0.717, 1.165) is 20.1 Å². The van der Waals surface area contributed by atoms with Gasteiger partial charge in [-0.15, -0.1) is 0 Å². The Balaban J connectivity index is 2.23. The highest BCUT2D eigenvalue weighted by molar-refractivity contribution is 6.35. The molecule has 0 aromatic rings.